The third-order valence-electron chi connectivity index (χ3n) is 6.77. The van der Waals surface area contributed by atoms with Crippen LogP contribution in [0.3, 0.4) is 0 Å². The minimum atomic E-state index is 0.0545. The molecule has 6 rings (SSSR count). The van der Waals surface area contributed by atoms with E-state index in [-0.39, 0.29) is 5.41 Å². The van der Waals surface area contributed by atoms with Crippen molar-refractivity contribution in [2.75, 3.05) is 0 Å². The van der Waals surface area contributed by atoms with E-state index in [1.165, 1.54) is 36.2 Å². The summed E-state index contributed by atoms with van der Waals surface area (Å²) in [6.07, 6.45) is 3.00. The van der Waals surface area contributed by atoms with Crippen molar-refractivity contribution >= 4 is 64.8 Å². The van der Waals surface area contributed by atoms with Crippen molar-refractivity contribution in [3.8, 4) is 11.3 Å². The Morgan fingerprint density at radius 1 is 1.00 bits per heavy atom. The van der Waals surface area contributed by atoms with Crippen molar-refractivity contribution in [1.82, 2.24) is 4.98 Å². The van der Waals surface area contributed by atoms with Gasteiger partial charge in [-0.3, -0.25) is 4.98 Å². The van der Waals surface area contributed by atoms with Gasteiger partial charge in [0.05, 0.1) is 11.1 Å². The van der Waals surface area contributed by atoms with Gasteiger partial charge in [0, 0.05) is 31.4 Å². The molecule has 2 nitrogen and oxygen atoms in total. The highest BCUT2D eigenvalue weighted by Crippen LogP contribution is 2.43. The normalized spacial score (nSPS) is 12.8. The van der Waals surface area contributed by atoms with E-state index in [2.05, 4.69) is 77.3 Å². The van der Waals surface area contributed by atoms with Crippen molar-refractivity contribution in [3.05, 3.63) is 64.0 Å². The Morgan fingerprint density at radius 3 is 2.59 bits per heavy atom. The van der Waals surface area contributed by atoms with Gasteiger partial charge in [0.25, 0.3) is 0 Å². The van der Waals surface area contributed by atoms with Crippen molar-refractivity contribution in [3.63, 3.8) is 0 Å². The number of thiophene rings is 2. The standard InChI is InChI=1S/C30H29NOS2/c1-16(2)11-25-17(3)20-14-24-21(15-26(20)34-25)27-23(32-24)7-9-31-28(27)19-12-18-8-10-33-29(18)22(13-19)30(4,5)6/h7-10,12-16H,11H2,1-6H3. The van der Waals surface area contributed by atoms with Crippen molar-refractivity contribution < 1.29 is 4.42 Å². The molecule has 0 saturated heterocycles. The molecule has 0 fully saturated rings. The van der Waals surface area contributed by atoms with Crippen LogP contribution in [0.15, 0.2) is 52.4 Å². The third-order valence-corrected chi connectivity index (χ3v) is 9.01. The Labute approximate surface area is 208 Å². The SMILES string of the molecule is Cc1c(CC(C)C)sc2cc3c(cc12)oc1ccnc(-c2cc(C(C)(C)C)c4sccc4c2)c13. The quantitative estimate of drug-likeness (QED) is 0.250. The highest BCUT2D eigenvalue weighted by atomic mass is 32.1. The van der Waals surface area contributed by atoms with Crippen molar-refractivity contribution in [1.29, 1.82) is 0 Å². The number of benzene rings is 2. The summed E-state index contributed by atoms with van der Waals surface area (Å²) in [5.74, 6) is 0.649. The fraction of sp³-hybridized carbons (Fsp3) is 0.300. The number of hydrogen-bond donors (Lipinski definition) is 0. The smallest absolute Gasteiger partial charge is 0.139 e. The van der Waals surface area contributed by atoms with Gasteiger partial charge in [0.15, 0.2) is 0 Å². The highest BCUT2D eigenvalue weighted by Gasteiger charge is 2.22. The molecule has 0 atom stereocenters. The van der Waals surface area contributed by atoms with E-state index >= 15 is 0 Å². The molecule has 4 aromatic heterocycles. The first-order valence-electron chi connectivity index (χ1n) is 12.0. The van der Waals surface area contributed by atoms with Crippen molar-refractivity contribution in [2.45, 2.75) is 53.4 Å². The molecule has 0 bridgehead atoms. The maximum absolute atomic E-state index is 6.40. The van der Waals surface area contributed by atoms with E-state index < -0.39 is 0 Å². The molecule has 0 radical (unpaired) electrons. The Kier molecular flexibility index (Phi) is 4.91. The molecule has 0 saturated carbocycles. The largest absolute Gasteiger partial charge is 0.456 e. The van der Waals surface area contributed by atoms with E-state index in [1.807, 2.05) is 34.9 Å². The maximum Gasteiger partial charge on any atom is 0.139 e. The highest BCUT2D eigenvalue weighted by molar-refractivity contribution is 7.19. The molecule has 0 aliphatic carbocycles. The molecule has 4 heterocycles. The Balaban J connectivity index is 1.64. The van der Waals surface area contributed by atoms with Gasteiger partial charge >= 0.3 is 0 Å². The number of aryl methyl sites for hydroxylation is 1. The van der Waals surface area contributed by atoms with Gasteiger partial charge in [0.2, 0.25) is 0 Å². The van der Waals surface area contributed by atoms with Crippen LogP contribution in [0.4, 0.5) is 0 Å². The molecular formula is C30H29NOS2. The summed E-state index contributed by atoms with van der Waals surface area (Å²) in [5, 5.41) is 7.07. The Hall–Kier alpha value is -2.69. The summed E-state index contributed by atoms with van der Waals surface area (Å²) >= 11 is 3.75. The zero-order chi connectivity index (χ0) is 23.8. The first kappa shape index (κ1) is 21.8. The molecule has 0 spiro atoms. The first-order chi connectivity index (χ1) is 16.2. The molecule has 0 N–H and O–H groups in total. The number of pyridine rings is 1. The zero-order valence-corrected chi connectivity index (χ0v) is 22.2. The number of nitrogens with zero attached hydrogens (tertiary/aromatic N) is 1. The second-order valence-corrected chi connectivity index (χ2v) is 12.9. The summed E-state index contributed by atoms with van der Waals surface area (Å²) < 4.78 is 9.11. The average Bonchev–Trinajstić information content (AvgIpc) is 3.46. The maximum atomic E-state index is 6.40. The first-order valence-corrected chi connectivity index (χ1v) is 13.7. The van der Waals surface area contributed by atoms with Crippen LogP contribution in [0.5, 0.6) is 0 Å². The van der Waals surface area contributed by atoms with Gasteiger partial charge < -0.3 is 4.42 Å². The summed E-state index contributed by atoms with van der Waals surface area (Å²) in [4.78, 5) is 6.39. The van der Waals surface area contributed by atoms with Gasteiger partial charge in [-0.05, 0) is 88.4 Å². The van der Waals surface area contributed by atoms with Gasteiger partial charge in [0.1, 0.15) is 11.2 Å². The fourth-order valence-electron chi connectivity index (χ4n) is 5.04. The molecule has 6 aromatic rings. The van der Waals surface area contributed by atoms with Crippen LogP contribution in [0.2, 0.25) is 0 Å². The van der Waals surface area contributed by atoms with E-state index in [4.69, 9.17) is 9.40 Å². The molecule has 0 aliphatic heterocycles. The fourth-order valence-corrected chi connectivity index (χ4v) is 7.59. The van der Waals surface area contributed by atoms with Crippen molar-refractivity contribution in [2.24, 2.45) is 5.92 Å². The van der Waals surface area contributed by atoms with E-state index in [9.17, 15) is 0 Å². The van der Waals surface area contributed by atoms with Crippen LogP contribution in [0.1, 0.15) is 50.6 Å². The third kappa shape index (κ3) is 3.38. The minimum Gasteiger partial charge on any atom is -0.456 e. The van der Waals surface area contributed by atoms with Gasteiger partial charge in [-0.2, -0.15) is 0 Å². The van der Waals surface area contributed by atoms with Crippen LogP contribution < -0.4 is 0 Å². The summed E-state index contributed by atoms with van der Waals surface area (Å²) in [5.41, 5.74) is 6.83. The number of furan rings is 1. The lowest BCUT2D eigenvalue weighted by atomic mass is 9.85. The summed E-state index contributed by atoms with van der Waals surface area (Å²) in [6, 6.07) is 13.4. The molecule has 0 amide bonds. The van der Waals surface area contributed by atoms with Crippen LogP contribution >= 0.6 is 22.7 Å². The number of hydrogen-bond acceptors (Lipinski definition) is 4. The van der Waals surface area contributed by atoms with Gasteiger partial charge in [-0.15, -0.1) is 22.7 Å². The molecule has 172 valence electrons. The van der Waals surface area contributed by atoms with Crippen LogP contribution in [0.25, 0.3) is 53.4 Å². The average molecular weight is 484 g/mol. The van der Waals surface area contributed by atoms with E-state index in [0.29, 0.717) is 5.92 Å². The van der Waals surface area contributed by atoms with Gasteiger partial charge in [-0.25, -0.2) is 0 Å². The monoisotopic (exact) mass is 483 g/mol. The lowest BCUT2D eigenvalue weighted by molar-refractivity contribution is 0.597. The molecule has 4 heteroatoms. The lowest BCUT2D eigenvalue weighted by Gasteiger charge is -2.21. The van der Waals surface area contributed by atoms with Crippen LogP contribution in [-0.4, -0.2) is 4.98 Å². The molecule has 0 aliphatic rings. The Morgan fingerprint density at radius 2 is 1.82 bits per heavy atom. The molecule has 2 aromatic carbocycles. The second kappa shape index (κ2) is 7.66. The summed E-state index contributed by atoms with van der Waals surface area (Å²) in [6.45, 7) is 13.7. The molecule has 34 heavy (non-hydrogen) atoms. The second-order valence-electron chi connectivity index (χ2n) is 10.8. The van der Waals surface area contributed by atoms with Crippen LogP contribution in [-0.2, 0) is 11.8 Å². The molecular weight excluding hydrogens is 454 g/mol. The summed E-state index contributed by atoms with van der Waals surface area (Å²) in [7, 11) is 0. The predicted molar refractivity (Wildman–Crippen MR) is 150 cm³/mol. The van der Waals surface area contributed by atoms with E-state index in [1.54, 1.807) is 0 Å². The van der Waals surface area contributed by atoms with Gasteiger partial charge in [-0.1, -0.05) is 34.6 Å². The topological polar surface area (TPSA) is 26.0 Å². The lowest BCUT2D eigenvalue weighted by Crippen LogP contribution is -2.11. The Bertz CT molecular complexity index is 1710. The number of aromatic nitrogens is 1. The number of rotatable bonds is 3. The van der Waals surface area contributed by atoms with Crippen LogP contribution in [0, 0.1) is 12.8 Å². The van der Waals surface area contributed by atoms with E-state index in [0.717, 1.165) is 39.6 Å². The minimum absolute atomic E-state index is 0.0545. The molecule has 0 unspecified atom stereocenters. The predicted octanol–water partition coefficient (Wildman–Crippen LogP) is 9.88. The zero-order valence-electron chi connectivity index (χ0n) is 20.6. The number of fused-ring (bicyclic) bond motifs is 5.